The molecule has 21 heavy (non-hydrogen) atoms. The Bertz CT molecular complexity index is 527. The molecule has 0 amide bonds. The zero-order valence-electron chi connectivity index (χ0n) is 11.4. The van der Waals surface area contributed by atoms with Gasteiger partial charge in [0.15, 0.2) is 9.84 Å². The number of sulfone groups is 1. The van der Waals surface area contributed by atoms with Crippen LogP contribution in [0.2, 0.25) is 0 Å². The molecule has 0 saturated heterocycles. The summed E-state index contributed by atoms with van der Waals surface area (Å²) in [7, 11) is -3.49. The summed E-state index contributed by atoms with van der Waals surface area (Å²) in [5.41, 5.74) is 6.23. The average Bonchev–Trinajstić information content (AvgIpc) is 2.41. The molecular weight excluding hydrogens is 307 g/mol. The van der Waals surface area contributed by atoms with E-state index < -0.39 is 22.4 Å². The molecule has 4 nitrogen and oxygen atoms in total. The zero-order chi connectivity index (χ0) is 15.9. The van der Waals surface area contributed by atoms with E-state index >= 15 is 0 Å². The summed E-state index contributed by atoms with van der Waals surface area (Å²) in [6, 6.07) is 6.16. The van der Waals surface area contributed by atoms with E-state index in [-0.39, 0.29) is 30.3 Å². The molecule has 0 aromatic heterocycles. The van der Waals surface area contributed by atoms with Crippen molar-refractivity contribution < 1.29 is 26.3 Å². The van der Waals surface area contributed by atoms with E-state index in [0.717, 1.165) is 5.56 Å². The molecule has 8 heteroatoms. The van der Waals surface area contributed by atoms with Gasteiger partial charge < -0.3 is 10.5 Å². The Labute approximate surface area is 122 Å². The summed E-state index contributed by atoms with van der Waals surface area (Å²) in [5, 5.41) is 0. The minimum absolute atomic E-state index is 0.110. The monoisotopic (exact) mass is 325 g/mol. The van der Waals surface area contributed by atoms with Gasteiger partial charge in [-0.3, -0.25) is 0 Å². The predicted molar refractivity (Wildman–Crippen MR) is 72.5 cm³/mol. The van der Waals surface area contributed by atoms with E-state index in [1.165, 1.54) is 12.1 Å². The third kappa shape index (κ3) is 6.92. The predicted octanol–water partition coefficient (Wildman–Crippen LogP) is 2.28. The van der Waals surface area contributed by atoms with Gasteiger partial charge in [0, 0.05) is 19.6 Å². The molecule has 0 aliphatic heterocycles. The first-order chi connectivity index (χ1) is 9.74. The summed E-state index contributed by atoms with van der Waals surface area (Å²) in [6.07, 6.45) is -5.31. The van der Waals surface area contributed by atoms with E-state index in [1.54, 1.807) is 12.1 Å². The van der Waals surface area contributed by atoms with Crippen molar-refractivity contribution in [1.82, 2.24) is 0 Å². The van der Waals surface area contributed by atoms with Crippen LogP contribution in [0.3, 0.4) is 0 Å². The first-order valence-corrected chi connectivity index (χ1v) is 8.06. The maximum Gasteiger partial charge on any atom is 0.389 e. The molecular formula is C13H18F3NO3S. The molecule has 0 atom stereocenters. The number of nitrogens with two attached hydrogens (primary N) is 1. The minimum atomic E-state index is -4.21. The fraction of sp³-hybridized carbons (Fsp3) is 0.538. The highest BCUT2D eigenvalue weighted by molar-refractivity contribution is 7.91. The van der Waals surface area contributed by atoms with Gasteiger partial charge in [0.05, 0.1) is 17.3 Å². The highest BCUT2D eigenvalue weighted by Crippen LogP contribution is 2.21. The minimum Gasteiger partial charge on any atom is -0.380 e. The van der Waals surface area contributed by atoms with Crippen molar-refractivity contribution >= 4 is 9.84 Å². The van der Waals surface area contributed by atoms with Crippen molar-refractivity contribution in [3.63, 3.8) is 0 Å². The van der Waals surface area contributed by atoms with Crippen LogP contribution in [0, 0.1) is 0 Å². The van der Waals surface area contributed by atoms with E-state index in [4.69, 9.17) is 10.5 Å². The summed E-state index contributed by atoms with van der Waals surface area (Å²) in [6.45, 7) is 0.0859. The lowest BCUT2D eigenvalue weighted by Crippen LogP contribution is -2.14. The molecule has 0 bridgehead atoms. The molecule has 1 aromatic rings. The van der Waals surface area contributed by atoms with E-state index in [9.17, 15) is 21.6 Å². The van der Waals surface area contributed by atoms with Crippen LogP contribution in [0.5, 0.6) is 0 Å². The van der Waals surface area contributed by atoms with Gasteiger partial charge in [-0.1, -0.05) is 12.1 Å². The third-order valence-corrected chi connectivity index (χ3v) is 4.46. The summed E-state index contributed by atoms with van der Waals surface area (Å²) in [5.74, 6) is -0.263. The van der Waals surface area contributed by atoms with E-state index in [2.05, 4.69) is 0 Å². The number of benzene rings is 1. The smallest absolute Gasteiger partial charge is 0.380 e. The number of alkyl halides is 3. The van der Waals surface area contributed by atoms with Gasteiger partial charge in [0.25, 0.3) is 0 Å². The lowest BCUT2D eigenvalue weighted by Gasteiger charge is -2.08. The van der Waals surface area contributed by atoms with Crippen LogP contribution in [0.1, 0.15) is 18.4 Å². The van der Waals surface area contributed by atoms with Crippen LogP contribution in [0.4, 0.5) is 13.2 Å². The Morgan fingerprint density at radius 3 is 2.24 bits per heavy atom. The van der Waals surface area contributed by atoms with Gasteiger partial charge in [0.1, 0.15) is 0 Å². The zero-order valence-corrected chi connectivity index (χ0v) is 12.2. The molecule has 1 aromatic carbocycles. The lowest BCUT2D eigenvalue weighted by molar-refractivity contribution is -0.137. The van der Waals surface area contributed by atoms with Crippen LogP contribution in [0.25, 0.3) is 0 Å². The van der Waals surface area contributed by atoms with Gasteiger partial charge in [-0.2, -0.15) is 13.2 Å². The van der Waals surface area contributed by atoms with Crippen molar-refractivity contribution in [2.45, 2.75) is 30.5 Å². The number of rotatable bonds is 8. The molecule has 0 heterocycles. The number of hydrogen-bond acceptors (Lipinski definition) is 4. The maximum atomic E-state index is 11.9. The van der Waals surface area contributed by atoms with Crippen molar-refractivity contribution in [3.05, 3.63) is 29.8 Å². The summed E-state index contributed by atoms with van der Waals surface area (Å²) < 4.78 is 64.4. The van der Waals surface area contributed by atoms with Crippen LogP contribution in [0.15, 0.2) is 29.2 Å². The highest BCUT2D eigenvalue weighted by Gasteiger charge is 2.26. The van der Waals surface area contributed by atoms with Crippen molar-refractivity contribution in [2.75, 3.05) is 19.0 Å². The topological polar surface area (TPSA) is 69.4 Å². The number of halogens is 3. The SMILES string of the molecule is NCc1ccc(S(=O)(=O)CCOCCCC(F)(F)F)cc1. The molecule has 0 spiro atoms. The molecule has 120 valence electrons. The Morgan fingerprint density at radius 1 is 1.10 bits per heavy atom. The van der Waals surface area contributed by atoms with Gasteiger partial charge >= 0.3 is 6.18 Å². The van der Waals surface area contributed by atoms with Gasteiger partial charge in [0.2, 0.25) is 0 Å². The molecule has 0 saturated carbocycles. The van der Waals surface area contributed by atoms with Crippen molar-refractivity contribution in [3.8, 4) is 0 Å². The van der Waals surface area contributed by atoms with Crippen molar-refractivity contribution in [2.24, 2.45) is 5.73 Å². The molecule has 0 radical (unpaired) electrons. The Hall–Kier alpha value is -1.12. The van der Waals surface area contributed by atoms with Gasteiger partial charge in [-0.15, -0.1) is 0 Å². The highest BCUT2D eigenvalue weighted by atomic mass is 32.2. The molecule has 0 unspecified atom stereocenters. The second-order valence-corrected chi connectivity index (χ2v) is 6.61. The Morgan fingerprint density at radius 2 is 1.71 bits per heavy atom. The molecule has 0 aliphatic carbocycles. The third-order valence-electron chi connectivity index (χ3n) is 2.76. The molecule has 1 rings (SSSR count). The van der Waals surface area contributed by atoms with Gasteiger partial charge in [-0.05, 0) is 24.1 Å². The second kappa shape index (κ2) is 7.77. The quantitative estimate of drug-likeness (QED) is 0.745. The fourth-order valence-electron chi connectivity index (χ4n) is 1.60. The summed E-state index contributed by atoms with van der Waals surface area (Å²) in [4.78, 5) is 0.151. The average molecular weight is 325 g/mol. The number of hydrogen-bond donors (Lipinski definition) is 1. The van der Waals surface area contributed by atoms with Crippen LogP contribution >= 0.6 is 0 Å². The molecule has 0 fully saturated rings. The molecule has 2 N–H and O–H groups in total. The van der Waals surface area contributed by atoms with E-state index in [1.807, 2.05) is 0 Å². The maximum absolute atomic E-state index is 11.9. The van der Waals surface area contributed by atoms with Crippen LogP contribution in [-0.2, 0) is 21.1 Å². The first kappa shape index (κ1) is 17.9. The van der Waals surface area contributed by atoms with E-state index in [0.29, 0.717) is 6.54 Å². The normalized spacial score (nSPS) is 12.6. The number of ether oxygens (including phenoxy) is 1. The first-order valence-electron chi connectivity index (χ1n) is 6.41. The molecule has 0 aliphatic rings. The van der Waals surface area contributed by atoms with Crippen molar-refractivity contribution in [1.29, 1.82) is 0 Å². The van der Waals surface area contributed by atoms with Crippen LogP contribution < -0.4 is 5.73 Å². The fourth-order valence-corrected chi connectivity index (χ4v) is 2.72. The largest absolute Gasteiger partial charge is 0.389 e. The van der Waals surface area contributed by atoms with Gasteiger partial charge in [-0.25, -0.2) is 8.42 Å². The van der Waals surface area contributed by atoms with Crippen LogP contribution in [-0.4, -0.2) is 33.6 Å². The summed E-state index contributed by atoms with van der Waals surface area (Å²) >= 11 is 0. The Kier molecular flexibility index (Phi) is 6.63. The lowest BCUT2D eigenvalue weighted by atomic mass is 10.2. The Balaban J connectivity index is 2.36. The standard InChI is InChI=1S/C13H18F3NO3S/c14-13(15,16)6-1-7-20-8-9-21(18,19)12-4-2-11(10-17)3-5-12/h2-5H,1,6-10,17H2. The second-order valence-electron chi connectivity index (χ2n) is 4.50.